The van der Waals surface area contributed by atoms with Crippen LogP contribution in [0, 0.1) is 11.3 Å². The standard InChI is InChI=1S/C21H16F3N5O4S/c1-26-34(31)14-5-3-4-13(9-14)27-20(30)19-17(10-18(28-29-19)21(22,23)24)33-15-7-6-12(11-25)8-16(15)32-2/h3-10,26H,1-2H3,(H,27,30). The molecule has 3 rings (SSSR count). The van der Waals surface area contributed by atoms with E-state index in [-0.39, 0.29) is 22.7 Å². The highest BCUT2D eigenvalue weighted by Crippen LogP contribution is 2.36. The number of rotatable bonds is 7. The molecule has 1 unspecified atom stereocenters. The van der Waals surface area contributed by atoms with E-state index in [1.165, 1.54) is 50.6 Å². The van der Waals surface area contributed by atoms with Crippen LogP contribution in [0.3, 0.4) is 0 Å². The minimum absolute atomic E-state index is 0.0527. The summed E-state index contributed by atoms with van der Waals surface area (Å²) in [5.74, 6) is -1.46. The second-order valence-electron chi connectivity index (χ2n) is 6.47. The molecule has 1 amide bonds. The van der Waals surface area contributed by atoms with Crippen LogP contribution in [0.4, 0.5) is 18.9 Å². The van der Waals surface area contributed by atoms with Gasteiger partial charge in [-0.2, -0.15) is 18.4 Å². The van der Waals surface area contributed by atoms with E-state index in [0.717, 1.165) is 0 Å². The lowest BCUT2D eigenvalue weighted by atomic mass is 10.2. The van der Waals surface area contributed by atoms with E-state index in [1.807, 2.05) is 6.07 Å². The van der Waals surface area contributed by atoms with E-state index in [0.29, 0.717) is 11.0 Å². The molecular formula is C21H16F3N5O4S. The summed E-state index contributed by atoms with van der Waals surface area (Å²) in [5.41, 5.74) is -1.47. The van der Waals surface area contributed by atoms with E-state index in [4.69, 9.17) is 14.7 Å². The highest BCUT2D eigenvalue weighted by atomic mass is 32.2. The molecule has 176 valence electrons. The van der Waals surface area contributed by atoms with Gasteiger partial charge in [0.25, 0.3) is 5.91 Å². The third kappa shape index (κ3) is 5.73. The third-order valence-electron chi connectivity index (χ3n) is 4.27. The molecular weight excluding hydrogens is 475 g/mol. The van der Waals surface area contributed by atoms with Gasteiger partial charge in [0.05, 0.1) is 30.1 Å². The van der Waals surface area contributed by atoms with Crippen molar-refractivity contribution in [2.24, 2.45) is 0 Å². The van der Waals surface area contributed by atoms with Crippen LogP contribution in [-0.2, 0) is 17.5 Å². The highest BCUT2D eigenvalue weighted by Gasteiger charge is 2.35. The Balaban J connectivity index is 1.99. The monoisotopic (exact) mass is 491 g/mol. The summed E-state index contributed by atoms with van der Waals surface area (Å²) in [6.45, 7) is 0. The quantitative estimate of drug-likeness (QED) is 0.479. The van der Waals surface area contributed by atoms with Crippen LogP contribution in [0.25, 0.3) is 0 Å². The molecule has 3 aromatic rings. The Bertz CT molecular complexity index is 1250. The molecule has 1 heterocycles. The molecule has 9 nitrogen and oxygen atoms in total. The zero-order valence-corrected chi connectivity index (χ0v) is 18.5. The number of halogens is 3. The number of nitrogens with zero attached hydrogens (tertiary/aromatic N) is 3. The molecule has 0 bridgehead atoms. The molecule has 0 aliphatic rings. The number of ether oxygens (including phenoxy) is 2. The van der Waals surface area contributed by atoms with Crippen LogP contribution < -0.4 is 19.5 Å². The van der Waals surface area contributed by atoms with Crippen molar-refractivity contribution in [1.29, 1.82) is 5.26 Å². The SMILES string of the molecule is CN[S+]([O-])c1cccc(NC(=O)c2nnc(C(F)(F)F)cc2Oc2ccc(C#N)cc2OC)c1. The first kappa shape index (κ1) is 24.8. The molecule has 1 aromatic heterocycles. The van der Waals surface area contributed by atoms with Crippen LogP contribution in [0.15, 0.2) is 53.4 Å². The van der Waals surface area contributed by atoms with Crippen LogP contribution in [-0.4, -0.2) is 34.8 Å². The lowest BCUT2D eigenvalue weighted by Crippen LogP contribution is -2.20. The lowest BCUT2D eigenvalue weighted by molar-refractivity contribution is -0.141. The van der Waals surface area contributed by atoms with E-state index in [9.17, 15) is 22.5 Å². The van der Waals surface area contributed by atoms with Crippen LogP contribution in [0.1, 0.15) is 21.7 Å². The number of carbonyl (C=O) groups excluding carboxylic acids is 1. The van der Waals surface area contributed by atoms with Gasteiger partial charge in [0.1, 0.15) is 0 Å². The number of alkyl halides is 3. The minimum atomic E-state index is -4.85. The molecule has 0 saturated carbocycles. The first-order valence-electron chi connectivity index (χ1n) is 9.37. The summed E-state index contributed by atoms with van der Waals surface area (Å²) in [7, 11) is 2.77. The second kappa shape index (κ2) is 10.4. The maximum atomic E-state index is 13.2. The predicted molar refractivity (Wildman–Crippen MR) is 115 cm³/mol. The Hall–Kier alpha value is -3.86. The largest absolute Gasteiger partial charge is 0.593 e. The van der Waals surface area contributed by atoms with Gasteiger partial charge in [0, 0.05) is 30.9 Å². The molecule has 0 aliphatic heterocycles. The van der Waals surface area contributed by atoms with Crippen molar-refractivity contribution >= 4 is 23.0 Å². The highest BCUT2D eigenvalue weighted by molar-refractivity contribution is 7.89. The molecule has 0 radical (unpaired) electrons. The zero-order valence-electron chi connectivity index (χ0n) is 17.6. The Morgan fingerprint density at radius 3 is 2.53 bits per heavy atom. The zero-order chi connectivity index (χ0) is 24.9. The van der Waals surface area contributed by atoms with Crippen molar-refractivity contribution in [3.63, 3.8) is 0 Å². The first-order valence-corrected chi connectivity index (χ1v) is 10.5. The molecule has 2 N–H and O–H groups in total. The first-order chi connectivity index (χ1) is 16.2. The summed E-state index contributed by atoms with van der Waals surface area (Å²) >= 11 is -1.53. The number of hydrogen-bond donors (Lipinski definition) is 2. The van der Waals surface area contributed by atoms with Crippen molar-refractivity contribution < 1.29 is 32.0 Å². The van der Waals surface area contributed by atoms with Crippen LogP contribution in [0.2, 0.25) is 0 Å². The van der Waals surface area contributed by atoms with Gasteiger partial charge < -0.3 is 19.3 Å². The molecule has 34 heavy (non-hydrogen) atoms. The van der Waals surface area contributed by atoms with Crippen molar-refractivity contribution in [2.45, 2.75) is 11.1 Å². The number of amides is 1. The summed E-state index contributed by atoms with van der Waals surface area (Å²) in [6, 6.07) is 12.4. The third-order valence-corrected chi connectivity index (χ3v) is 5.32. The van der Waals surface area contributed by atoms with Gasteiger partial charge in [-0.05, 0) is 24.3 Å². The van der Waals surface area contributed by atoms with Gasteiger partial charge in [-0.3, -0.25) is 4.79 Å². The fourth-order valence-electron chi connectivity index (χ4n) is 2.69. The number of nitrogens with one attached hydrogen (secondary N) is 2. The Morgan fingerprint density at radius 1 is 1.12 bits per heavy atom. The number of anilines is 1. The minimum Gasteiger partial charge on any atom is -0.593 e. The van der Waals surface area contributed by atoms with Gasteiger partial charge >= 0.3 is 6.18 Å². The molecule has 0 aliphatic carbocycles. The maximum absolute atomic E-state index is 13.2. The molecule has 0 spiro atoms. The van der Waals surface area contributed by atoms with Gasteiger partial charge in [-0.15, -0.1) is 14.9 Å². The smallest absolute Gasteiger partial charge is 0.435 e. The molecule has 0 saturated heterocycles. The molecule has 2 aromatic carbocycles. The summed E-state index contributed by atoms with van der Waals surface area (Å²) in [6.07, 6.45) is -4.85. The number of aromatic nitrogens is 2. The lowest BCUT2D eigenvalue weighted by Gasteiger charge is -2.15. The van der Waals surface area contributed by atoms with Crippen molar-refractivity contribution in [3.05, 3.63) is 65.5 Å². The number of hydrogen-bond acceptors (Lipinski definition) is 8. The number of methoxy groups -OCH3 is 1. The number of nitriles is 1. The van der Waals surface area contributed by atoms with Crippen molar-refractivity contribution in [3.8, 4) is 23.3 Å². The van der Waals surface area contributed by atoms with Crippen LogP contribution in [0.5, 0.6) is 17.2 Å². The van der Waals surface area contributed by atoms with E-state index >= 15 is 0 Å². The Kier molecular flexibility index (Phi) is 7.57. The van der Waals surface area contributed by atoms with E-state index in [2.05, 4.69) is 20.2 Å². The van der Waals surface area contributed by atoms with E-state index in [1.54, 1.807) is 6.07 Å². The Morgan fingerprint density at radius 2 is 1.88 bits per heavy atom. The average Bonchev–Trinajstić information content (AvgIpc) is 2.83. The van der Waals surface area contributed by atoms with E-state index < -0.39 is 40.6 Å². The fraction of sp³-hybridized carbons (Fsp3) is 0.143. The topological polar surface area (TPSA) is 132 Å². The second-order valence-corrected chi connectivity index (χ2v) is 7.89. The number of benzene rings is 2. The summed E-state index contributed by atoms with van der Waals surface area (Å²) < 4.78 is 64.8. The molecule has 13 heteroatoms. The summed E-state index contributed by atoms with van der Waals surface area (Å²) in [4.78, 5) is 13.2. The van der Waals surface area contributed by atoms with Gasteiger partial charge in [-0.25, -0.2) is 0 Å². The van der Waals surface area contributed by atoms with Gasteiger partial charge in [0.2, 0.25) is 0 Å². The number of carbonyl (C=O) groups is 1. The fourth-order valence-corrected chi connectivity index (χ4v) is 3.36. The van der Waals surface area contributed by atoms with Crippen LogP contribution >= 0.6 is 0 Å². The molecule has 1 atom stereocenters. The average molecular weight is 491 g/mol. The summed E-state index contributed by atoms with van der Waals surface area (Å²) in [5, 5.41) is 18.0. The Labute approximate surface area is 194 Å². The maximum Gasteiger partial charge on any atom is 0.435 e. The van der Waals surface area contributed by atoms with Gasteiger partial charge in [0.15, 0.2) is 33.5 Å². The normalized spacial score (nSPS) is 11.9. The van der Waals surface area contributed by atoms with Crippen molar-refractivity contribution in [2.75, 3.05) is 19.5 Å². The van der Waals surface area contributed by atoms with Gasteiger partial charge in [-0.1, -0.05) is 6.07 Å². The van der Waals surface area contributed by atoms with Crippen molar-refractivity contribution in [1.82, 2.24) is 14.9 Å². The molecule has 0 fully saturated rings. The predicted octanol–water partition coefficient (Wildman–Crippen LogP) is 3.66.